The summed E-state index contributed by atoms with van der Waals surface area (Å²) in [5.41, 5.74) is 0.211. The number of fused-ring (bicyclic) bond motifs is 1. The van der Waals surface area contributed by atoms with Crippen molar-refractivity contribution in [1.82, 2.24) is 14.5 Å². The van der Waals surface area contributed by atoms with E-state index in [1.165, 1.54) is 17.5 Å². The number of aromatic carboxylic acids is 1. The normalized spacial score (nSPS) is 16.8. The lowest BCUT2D eigenvalue weighted by Gasteiger charge is -2.36. The number of carboxylic acids is 1. The monoisotopic (exact) mass is 545 g/mol. The van der Waals surface area contributed by atoms with Crippen LogP contribution in [0.15, 0.2) is 46.4 Å². The highest BCUT2D eigenvalue weighted by Crippen LogP contribution is 2.42. The number of oxime groups is 1. The number of anilines is 1. The molecule has 3 heterocycles. The molecule has 2 fully saturated rings. The molecule has 0 bridgehead atoms. The van der Waals surface area contributed by atoms with Crippen LogP contribution in [-0.4, -0.2) is 70.6 Å². The Morgan fingerprint density at radius 2 is 2.11 bits per heavy atom. The Hall–Kier alpha value is -3.28. The summed E-state index contributed by atoms with van der Waals surface area (Å²) in [5.74, 6) is -1.98. The van der Waals surface area contributed by atoms with Crippen LogP contribution in [0.1, 0.15) is 34.2 Å². The molecule has 0 spiro atoms. The Morgan fingerprint density at radius 1 is 1.35 bits per heavy atom. The first-order valence-electron chi connectivity index (χ1n) is 11.9. The van der Waals surface area contributed by atoms with Crippen LogP contribution in [0.3, 0.4) is 0 Å². The van der Waals surface area contributed by atoms with Crippen LogP contribution in [-0.2, 0) is 4.84 Å². The molecule has 1 aromatic carbocycles. The molecule has 1 N–H and O–H groups in total. The van der Waals surface area contributed by atoms with Crippen molar-refractivity contribution in [2.75, 3.05) is 44.2 Å². The van der Waals surface area contributed by atoms with Crippen molar-refractivity contribution in [2.24, 2.45) is 5.16 Å². The second-order valence-corrected chi connectivity index (χ2v) is 10.2. The number of hydrogen-bond donors (Lipinski definition) is 1. The quantitative estimate of drug-likeness (QED) is 0.188. The topological polar surface area (TPSA) is 100 Å². The maximum Gasteiger partial charge on any atom is 0.341 e. The number of carboxylic acid groups (broad SMARTS) is 1. The van der Waals surface area contributed by atoms with Crippen molar-refractivity contribution in [3.63, 3.8) is 0 Å². The summed E-state index contributed by atoms with van der Waals surface area (Å²) < 4.78 is 17.1. The zero-order valence-corrected chi connectivity index (χ0v) is 21.5. The summed E-state index contributed by atoms with van der Waals surface area (Å²) in [6, 6.07) is 1.17. The van der Waals surface area contributed by atoms with E-state index >= 15 is 4.39 Å². The zero-order valence-electron chi connectivity index (χ0n) is 19.9. The molecule has 5 rings (SSSR count). The average Bonchev–Trinajstić information content (AvgIpc) is 3.58. The minimum atomic E-state index is -1.34. The number of hydrogen-bond acceptors (Lipinski definition) is 8. The van der Waals surface area contributed by atoms with E-state index in [0.717, 1.165) is 23.9 Å². The predicted molar refractivity (Wildman–Crippen MR) is 142 cm³/mol. The first-order chi connectivity index (χ1) is 17.9. The number of aromatic nitrogens is 2. The van der Waals surface area contributed by atoms with Gasteiger partial charge in [0.25, 0.3) is 0 Å². The van der Waals surface area contributed by atoms with Gasteiger partial charge in [0.05, 0.1) is 21.6 Å². The van der Waals surface area contributed by atoms with Gasteiger partial charge in [0.15, 0.2) is 0 Å². The second-order valence-electron chi connectivity index (χ2n) is 8.96. The SMILES string of the molecule is C=CCO/N=C(\CN1CCN(c2c(F)cc3c(=O)c(C(=O)O)cn(C4CC4)c3c2Cl)CC1)c1nccs1. The van der Waals surface area contributed by atoms with Gasteiger partial charge in [-0.05, 0) is 18.9 Å². The fourth-order valence-electron chi connectivity index (χ4n) is 4.53. The van der Waals surface area contributed by atoms with E-state index in [9.17, 15) is 14.7 Å². The summed E-state index contributed by atoms with van der Waals surface area (Å²) >= 11 is 8.24. The summed E-state index contributed by atoms with van der Waals surface area (Å²) in [4.78, 5) is 38.1. The largest absolute Gasteiger partial charge is 0.477 e. The zero-order chi connectivity index (χ0) is 26.1. The number of benzene rings is 1. The fourth-order valence-corrected chi connectivity index (χ4v) is 5.54. The van der Waals surface area contributed by atoms with Crippen molar-refractivity contribution in [1.29, 1.82) is 0 Å². The maximum atomic E-state index is 15.4. The smallest absolute Gasteiger partial charge is 0.341 e. The number of piperazine rings is 1. The number of pyridine rings is 1. The molecule has 0 amide bonds. The fraction of sp³-hybridized carbons (Fsp3) is 0.360. The van der Waals surface area contributed by atoms with Gasteiger partial charge in [-0.2, -0.15) is 0 Å². The maximum absolute atomic E-state index is 15.4. The van der Waals surface area contributed by atoms with E-state index in [4.69, 9.17) is 16.4 Å². The Kier molecular flexibility index (Phi) is 7.27. The molecule has 0 atom stereocenters. The van der Waals surface area contributed by atoms with Crippen molar-refractivity contribution < 1.29 is 19.1 Å². The van der Waals surface area contributed by atoms with Gasteiger partial charge in [-0.1, -0.05) is 29.4 Å². The van der Waals surface area contributed by atoms with Crippen LogP contribution in [0, 0.1) is 5.82 Å². The first kappa shape index (κ1) is 25.4. The number of rotatable bonds is 9. The third-order valence-electron chi connectivity index (χ3n) is 6.46. The standard InChI is InChI=1S/C25H25ClFN5O4S/c1-2-10-36-29-19(24-28-5-11-37-24)14-30-6-8-31(9-7-30)22-18(27)12-16-21(20(22)26)32(15-3-4-15)13-17(23(16)33)25(34)35/h2,5,11-13,15H,1,3-4,6-10,14H2,(H,34,35)/b29-19+. The van der Waals surface area contributed by atoms with Crippen LogP contribution in [0.2, 0.25) is 5.02 Å². The lowest BCUT2D eigenvalue weighted by molar-refractivity contribution is 0.0695. The third-order valence-corrected chi connectivity index (χ3v) is 7.64. The minimum Gasteiger partial charge on any atom is -0.477 e. The van der Waals surface area contributed by atoms with Crippen molar-refractivity contribution >= 4 is 51.2 Å². The third kappa shape index (κ3) is 5.11. The number of thiazole rings is 1. The van der Waals surface area contributed by atoms with E-state index in [2.05, 4.69) is 21.6 Å². The summed E-state index contributed by atoms with van der Waals surface area (Å²) in [6.07, 6.45) is 6.36. The Balaban J connectivity index is 1.40. The van der Waals surface area contributed by atoms with Gasteiger partial charge in [0.1, 0.15) is 28.7 Å². The van der Waals surface area contributed by atoms with Gasteiger partial charge in [0, 0.05) is 56.5 Å². The summed E-state index contributed by atoms with van der Waals surface area (Å²) in [5, 5.41) is 16.5. The molecule has 1 aliphatic carbocycles. The van der Waals surface area contributed by atoms with Crippen LogP contribution < -0.4 is 10.3 Å². The highest BCUT2D eigenvalue weighted by atomic mass is 35.5. The van der Waals surface area contributed by atoms with Crippen molar-refractivity contribution in [2.45, 2.75) is 18.9 Å². The Labute approximate surface area is 221 Å². The highest BCUT2D eigenvalue weighted by Gasteiger charge is 2.31. The molecule has 37 heavy (non-hydrogen) atoms. The first-order valence-corrected chi connectivity index (χ1v) is 13.1. The van der Waals surface area contributed by atoms with Gasteiger partial charge in [-0.25, -0.2) is 14.2 Å². The molecule has 12 heteroatoms. The highest BCUT2D eigenvalue weighted by molar-refractivity contribution is 7.11. The van der Waals surface area contributed by atoms with Crippen LogP contribution in [0.25, 0.3) is 10.9 Å². The van der Waals surface area contributed by atoms with Crippen molar-refractivity contribution in [3.8, 4) is 0 Å². The summed E-state index contributed by atoms with van der Waals surface area (Å²) in [6.45, 7) is 6.68. The van der Waals surface area contributed by atoms with Gasteiger partial charge >= 0.3 is 5.97 Å². The van der Waals surface area contributed by atoms with Crippen LogP contribution in [0.5, 0.6) is 0 Å². The Morgan fingerprint density at radius 3 is 2.73 bits per heavy atom. The molecule has 9 nitrogen and oxygen atoms in total. The average molecular weight is 546 g/mol. The molecule has 1 saturated carbocycles. The molecule has 0 radical (unpaired) electrons. The second kappa shape index (κ2) is 10.6. The molecule has 194 valence electrons. The molecule has 2 aliphatic rings. The molecule has 1 aliphatic heterocycles. The number of halogens is 2. The predicted octanol–water partition coefficient (Wildman–Crippen LogP) is 4.01. The minimum absolute atomic E-state index is 0.0134. The molecule has 0 unspecified atom stereocenters. The number of carbonyl (C=O) groups is 1. The van der Waals surface area contributed by atoms with E-state index in [0.29, 0.717) is 50.6 Å². The molecular formula is C25H25ClFN5O4S. The Bertz CT molecular complexity index is 1430. The number of nitrogens with zero attached hydrogens (tertiary/aromatic N) is 5. The van der Waals surface area contributed by atoms with E-state index < -0.39 is 17.2 Å². The van der Waals surface area contributed by atoms with E-state index in [1.54, 1.807) is 16.8 Å². The van der Waals surface area contributed by atoms with Crippen LogP contribution >= 0.6 is 22.9 Å². The van der Waals surface area contributed by atoms with Crippen LogP contribution in [0.4, 0.5) is 10.1 Å². The molecule has 3 aromatic rings. The van der Waals surface area contributed by atoms with Gasteiger partial charge < -0.3 is 19.4 Å². The molecular weight excluding hydrogens is 521 g/mol. The van der Waals surface area contributed by atoms with E-state index in [-0.39, 0.29) is 27.7 Å². The molecule has 2 aromatic heterocycles. The van der Waals surface area contributed by atoms with Crippen molar-refractivity contribution in [3.05, 3.63) is 68.1 Å². The van der Waals surface area contributed by atoms with Gasteiger partial charge in [-0.15, -0.1) is 11.3 Å². The lowest BCUT2D eigenvalue weighted by Crippen LogP contribution is -2.48. The lowest BCUT2D eigenvalue weighted by atomic mass is 10.1. The summed E-state index contributed by atoms with van der Waals surface area (Å²) in [7, 11) is 0. The van der Waals surface area contributed by atoms with E-state index in [1.807, 2.05) is 10.3 Å². The van der Waals surface area contributed by atoms with Gasteiger partial charge in [-0.3, -0.25) is 9.69 Å². The van der Waals surface area contributed by atoms with Gasteiger partial charge in [0.2, 0.25) is 5.43 Å². The molecule has 1 saturated heterocycles.